The highest BCUT2D eigenvalue weighted by atomic mass is 35.5. The topological polar surface area (TPSA) is 95.1 Å². The maximum absolute atomic E-state index is 12.1. The van der Waals surface area contributed by atoms with Crippen molar-refractivity contribution >= 4 is 23.5 Å². The highest BCUT2D eigenvalue weighted by molar-refractivity contribution is 6.31. The molecule has 1 amide bonds. The summed E-state index contributed by atoms with van der Waals surface area (Å²) in [6, 6.07) is 19.1. The molecule has 30 heavy (non-hydrogen) atoms. The first-order valence-electron chi connectivity index (χ1n) is 8.61. The lowest BCUT2D eigenvalue weighted by Gasteiger charge is -2.05. The maximum Gasteiger partial charge on any atom is 0.490 e. The van der Waals surface area contributed by atoms with Crippen LogP contribution in [0.3, 0.4) is 0 Å². The number of carbonyl (C=O) groups excluding carboxylic acids is 1. The quantitative estimate of drug-likeness (QED) is 0.551. The van der Waals surface area contributed by atoms with Crippen LogP contribution in [0, 0.1) is 0 Å². The van der Waals surface area contributed by atoms with Gasteiger partial charge in [0.25, 0.3) is 5.91 Å². The number of nitrogens with one attached hydrogen (secondary N) is 2. The summed E-state index contributed by atoms with van der Waals surface area (Å²) in [4.78, 5) is 21.0. The number of hydrogen-bond acceptors (Lipinski definition) is 3. The van der Waals surface area contributed by atoms with Crippen LogP contribution in [0.4, 0.5) is 13.2 Å². The van der Waals surface area contributed by atoms with Crippen LogP contribution in [0.5, 0.6) is 0 Å². The van der Waals surface area contributed by atoms with Crippen molar-refractivity contribution in [1.29, 1.82) is 0 Å². The minimum absolute atomic E-state index is 0.174. The molecule has 0 bridgehead atoms. The van der Waals surface area contributed by atoms with Gasteiger partial charge in [-0.15, -0.1) is 0 Å². The predicted molar refractivity (Wildman–Crippen MR) is 105 cm³/mol. The molecular formula is C20H17ClF3N3O3. The number of carbonyl (C=O) groups is 2. The number of carboxylic acids is 1. The third-order valence-corrected chi connectivity index (χ3v) is 4.14. The van der Waals surface area contributed by atoms with Crippen LogP contribution in [-0.2, 0) is 11.2 Å². The molecule has 0 aliphatic rings. The van der Waals surface area contributed by atoms with E-state index in [4.69, 9.17) is 21.5 Å². The average molecular weight is 440 g/mol. The lowest BCUT2D eigenvalue weighted by molar-refractivity contribution is -0.192. The molecule has 3 rings (SSSR count). The van der Waals surface area contributed by atoms with E-state index in [1.165, 1.54) is 0 Å². The summed E-state index contributed by atoms with van der Waals surface area (Å²) < 4.78 is 31.7. The van der Waals surface area contributed by atoms with Crippen LogP contribution >= 0.6 is 11.6 Å². The van der Waals surface area contributed by atoms with Gasteiger partial charge < -0.3 is 10.4 Å². The van der Waals surface area contributed by atoms with Crippen molar-refractivity contribution < 1.29 is 27.9 Å². The standard InChI is InChI=1S/C18H16ClN3O.C2HF3O2/c19-15-9-5-4-6-13(15)10-11-20-18(23)17-12-16(21-22-17)14-7-2-1-3-8-14;3-2(4,5)1(6)7/h1-9,12H,10-11H2,(H,20,23)(H,21,22);(H,6,7). The molecule has 0 aliphatic carbocycles. The molecule has 0 spiro atoms. The zero-order valence-electron chi connectivity index (χ0n) is 15.4. The minimum atomic E-state index is -5.08. The molecule has 0 unspecified atom stereocenters. The zero-order chi connectivity index (χ0) is 22.1. The third-order valence-electron chi connectivity index (χ3n) is 3.77. The molecule has 0 atom stereocenters. The second kappa shape index (κ2) is 10.4. The molecule has 6 nitrogen and oxygen atoms in total. The molecule has 0 fully saturated rings. The number of carboxylic acid groups (broad SMARTS) is 1. The molecule has 158 valence electrons. The predicted octanol–water partition coefficient (Wildman–Crippen LogP) is 4.34. The second-order valence-electron chi connectivity index (χ2n) is 5.93. The van der Waals surface area contributed by atoms with E-state index in [1.54, 1.807) is 6.07 Å². The lowest BCUT2D eigenvalue weighted by Crippen LogP contribution is -2.26. The summed E-state index contributed by atoms with van der Waals surface area (Å²) in [5.74, 6) is -2.93. The van der Waals surface area contributed by atoms with Gasteiger partial charge in [-0.05, 0) is 24.1 Å². The molecule has 10 heteroatoms. The number of aromatic amines is 1. The third kappa shape index (κ3) is 6.93. The maximum atomic E-state index is 12.1. The fourth-order valence-electron chi connectivity index (χ4n) is 2.30. The summed E-state index contributed by atoms with van der Waals surface area (Å²) in [6.45, 7) is 0.516. The van der Waals surface area contributed by atoms with E-state index in [1.807, 2.05) is 54.6 Å². The smallest absolute Gasteiger partial charge is 0.475 e. The Balaban J connectivity index is 0.000000396. The molecule has 0 radical (unpaired) electrons. The van der Waals surface area contributed by atoms with Gasteiger partial charge in [0.15, 0.2) is 0 Å². The van der Waals surface area contributed by atoms with Gasteiger partial charge in [-0.3, -0.25) is 9.89 Å². The summed E-state index contributed by atoms with van der Waals surface area (Å²) in [5.41, 5.74) is 3.19. The molecular weight excluding hydrogens is 423 g/mol. The van der Waals surface area contributed by atoms with Gasteiger partial charge in [-0.1, -0.05) is 60.1 Å². The van der Waals surface area contributed by atoms with Crippen LogP contribution in [0.1, 0.15) is 16.1 Å². The minimum Gasteiger partial charge on any atom is -0.475 e. The van der Waals surface area contributed by atoms with Gasteiger partial charge in [0.2, 0.25) is 0 Å². The van der Waals surface area contributed by atoms with Gasteiger partial charge >= 0.3 is 12.1 Å². The normalized spacial score (nSPS) is 10.7. The van der Waals surface area contributed by atoms with Crippen molar-refractivity contribution in [3.63, 3.8) is 0 Å². The number of halogens is 4. The van der Waals surface area contributed by atoms with E-state index in [2.05, 4.69) is 15.5 Å². The van der Waals surface area contributed by atoms with Crippen molar-refractivity contribution in [3.8, 4) is 11.3 Å². The number of benzene rings is 2. The number of hydrogen-bond donors (Lipinski definition) is 3. The molecule has 0 aliphatic heterocycles. The molecule has 3 N–H and O–H groups in total. The number of nitrogens with zero attached hydrogens (tertiary/aromatic N) is 1. The molecule has 0 saturated heterocycles. The Labute approximate surface area is 174 Å². The number of H-pyrrole nitrogens is 1. The van der Waals surface area contributed by atoms with E-state index >= 15 is 0 Å². The second-order valence-corrected chi connectivity index (χ2v) is 6.34. The van der Waals surface area contributed by atoms with Crippen molar-refractivity contribution in [2.24, 2.45) is 0 Å². The van der Waals surface area contributed by atoms with E-state index in [9.17, 15) is 18.0 Å². The first kappa shape index (κ1) is 23.0. The molecule has 0 saturated carbocycles. The molecule has 3 aromatic rings. The number of aromatic nitrogens is 2. The van der Waals surface area contributed by atoms with Gasteiger partial charge in [0.1, 0.15) is 5.69 Å². The summed E-state index contributed by atoms with van der Waals surface area (Å²) >= 11 is 6.10. The van der Waals surface area contributed by atoms with Crippen molar-refractivity contribution in [2.45, 2.75) is 12.6 Å². The monoisotopic (exact) mass is 439 g/mol. The summed E-state index contributed by atoms with van der Waals surface area (Å²) in [6.07, 6.45) is -4.40. The summed E-state index contributed by atoms with van der Waals surface area (Å²) in [7, 11) is 0. The first-order valence-corrected chi connectivity index (χ1v) is 8.99. The SMILES string of the molecule is O=C(NCCc1ccccc1Cl)c1cc(-c2ccccc2)n[nH]1.O=C(O)C(F)(F)F. The van der Waals surface area contributed by atoms with E-state index < -0.39 is 12.1 Å². The van der Waals surface area contributed by atoms with Gasteiger partial charge in [-0.25, -0.2) is 4.79 Å². The Bertz CT molecular complexity index is 991. The van der Waals surface area contributed by atoms with Crippen molar-refractivity contribution in [3.05, 3.63) is 76.9 Å². The number of amides is 1. The Kier molecular flexibility index (Phi) is 7.99. The molecule has 1 aromatic heterocycles. The largest absolute Gasteiger partial charge is 0.490 e. The van der Waals surface area contributed by atoms with Gasteiger partial charge in [-0.2, -0.15) is 18.3 Å². The molecule has 1 heterocycles. The van der Waals surface area contributed by atoms with Crippen LogP contribution in [0.15, 0.2) is 60.7 Å². The fraction of sp³-hybridized carbons (Fsp3) is 0.150. The lowest BCUT2D eigenvalue weighted by atomic mass is 10.1. The van der Waals surface area contributed by atoms with E-state index in [0.29, 0.717) is 18.7 Å². The van der Waals surface area contributed by atoms with Crippen LogP contribution < -0.4 is 5.32 Å². The van der Waals surface area contributed by atoms with Crippen molar-refractivity contribution in [2.75, 3.05) is 6.54 Å². The average Bonchev–Trinajstić information content (AvgIpc) is 3.20. The molecule has 2 aromatic carbocycles. The van der Waals surface area contributed by atoms with Gasteiger partial charge in [0.05, 0.1) is 5.69 Å². The fourth-order valence-corrected chi connectivity index (χ4v) is 2.53. The highest BCUT2D eigenvalue weighted by Gasteiger charge is 2.38. The number of aliphatic carboxylic acids is 1. The van der Waals surface area contributed by atoms with E-state index in [0.717, 1.165) is 21.8 Å². The zero-order valence-corrected chi connectivity index (χ0v) is 16.2. The van der Waals surface area contributed by atoms with Crippen LogP contribution in [0.25, 0.3) is 11.3 Å². The first-order chi connectivity index (χ1) is 14.2. The van der Waals surface area contributed by atoms with E-state index in [-0.39, 0.29) is 5.91 Å². The Morgan fingerprint density at radius 2 is 1.67 bits per heavy atom. The number of rotatable bonds is 5. The Morgan fingerprint density at radius 3 is 2.27 bits per heavy atom. The highest BCUT2D eigenvalue weighted by Crippen LogP contribution is 2.17. The van der Waals surface area contributed by atoms with Crippen LogP contribution in [-0.4, -0.2) is 39.9 Å². The summed E-state index contributed by atoms with van der Waals surface area (Å²) in [5, 5.41) is 17.7. The Hall–Kier alpha value is -3.33. The van der Waals surface area contributed by atoms with Gasteiger partial charge in [0, 0.05) is 17.1 Å². The Morgan fingerprint density at radius 1 is 1.07 bits per heavy atom. The van der Waals surface area contributed by atoms with Crippen LogP contribution in [0.2, 0.25) is 5.02 Å². The van der Waals surface area contributed by atoms with Crippen molar-refractivity contribution in [1.82, 2.24) is 15.5 Å². The number of alkyl halides is 3.